The molecule has 2 aromatic rings. The summed E-state index contributed by atoms with van der Waals surface area (Å²) in [7, 11) is 0. The zero-order valence-electron chi connectivity index (χ0n) is 11.6. The summed E-state index contributed by atoms with van der Waals surface area (Å²) in [5.74, 6) is 1.10. The molecule has 20 heavy (non-hydrogen) atoms. The molecule has 1 saturated heterocycles. The quantitative estimate of drug-likeness (QED) is 0.793. The standard InChI is InChI=1S/C15H18N4O/c1-13-11-15(18-9-7-17(12-20)8-10-18)19(16-13)14-5-3-2-4-6-14/h2-6,11-12H,7-10H2,1H3. The second-order valence-electron chi connectivity index (χ2n) is 5.02. The van der Waals surface area contributed by atoms with Crippen molar-refractivity contribution < 1.29 is 4.79 Å². The van der Waals surface area contributed by atoms with Crippen molar-refractivity contribution >= 4 is 12.2 Å². The number of aromatic nitrogens is 2. The number of rotatable bonds is 3. The minimum atomic E-state index is 0.766. The van der Waals surface area contributed by atoms with Crippen LogP contribution in [-0.4, -0.2) is 47.3 Å². The van der Waals surface area contributed by atoms with Crippen molar-refractivity contribution in [1.29, 1.82) is 0 Å². The van der Waals surface area contributed by atoms with Gasteiger partial charge in [0.05, 0.1) is 11.4 Å². The maximum absolute atomic E-state index is 10.8. The Bertz CT molecular complexity index is 585. The number of carbonyl (C=O) groups excluding carboxylic acids is 1. The Balaban J connectivity index is 1.89. The summed E-state index contributed by atoms with van der Waals surface area (Å²) in [5, 5.41) is 4.59. The largest absolute Gasteiger partial charge is 0.353 e. The molecule has 0 spiro atoms. The van der Waals surface area contributed by atoms with Crippen molar-refractivity contribution in [3.05, 3.63) is 42.1 Å². The van der Waals surface area contributed by atoms with Gasteiger partial charge in [0.25, 0.3) is 0 Å². The van der Waals surface area contributed by atoms with Crippen LogP contribution in [0.25, 0.3) is 5.69 Å². The topological polar surface area (TPSA) is 41.4 Å². The minimum absolute atomic E-state index is 0.766. The van der Waals surface area contributed by atoms with Gasteiger partial charge in [-0.2, -0.15) is 5.10 Å². The third-order valence-electron chi connectivity index (χ3n) is 3.60. The van der Waals surface area contributed by atoms with Gasteiger partial charge in [-0.15, -0.1) is 0 Å². The summed E-state index contributed by atoms with van der Waals surface area (Å²) in [6.45, 7) is 5.23. The van der Waals surface area contributed by atoms with Crippen LogP contribution >= 0.6 is 0 Å². The molecule has 0 saturated carbocycles. The van der Waals surface area contributed by atoms with Crippen LogP contribution < -0.4 is 4.90 Å². The van der Waals surface area contributed by atoms with Crippen LogP contribution in [0.15, 0.2) is 36.4 Å². The van der Waals surface area contributed by atoms with Gasteiger partial charge in [0.15, 0.2) is 0 Å². The predicted molar refractivity (Wildman–Crippen MR) is 78.2 cm³/mol. The monoisotopic (exact) mass is 270 g/mol. The maximum atomic E-state index is 10.8. The van der Waals surface area contributed by atoms with Crippen molar-refractivity contribution in [2.75, 3.05) is 31.1 Å². The average Bonchev–Trinajstić information content (AvgIpc) is 2.90. The fourth-order valence-electron chi connectivity index (χ4n) is 2.53. The van der Waals surface area contributed by atoms with Gasteiger partial charge < -0.3 is 9.80 Å². The van der Waals surface area contributed by atoms with E-state index in [1.54, 1.807) is 0 Å². The van der Waals surface area contributed by atoms with E-state index in [0.29, 0.717) is 0 Å². The molecule has 5 heteroatoms. The van der Waals surface area contributed by atoms with Gasteiger partial charge in [0.2, 0.25) is 6.41 Å². The van der Waals surface area contributed by atoms with Gasteiger partial charge in [-0.1, -0.05) is 18.2 Å². The SMILES string of the molecule is Cc1cc(N2CCN(C=O)CC2)n(-c2ccccc2)n1. The lowest BCUT2D eigenvalue weighted by Crippen LogP contribution is -2.46. The normalized spacial score (nSPS) is 15.4. The van der Waals surface area contributed by atoms with Gasteiger partial charge in [-0.05, 0) is 19.1 Å². The van der Waals surface area contributed by atoms with Crippen LogP contribution in [0.1, 0.15) is 5.69 Å². The fourth-order valence-corrected chi connectivity index (χ4v) is 2.53. The van der Waals surface area contributed by atoms with Crippen LogP contribution in [0.2, 0.25) is 0 Å². The maximum Gasteiger partial charge on any atom is 0.209 e. The molecule has 1 aromatic carbocycles. The lowest BCUT2D eigenvalue weighted by atomic mass is 10.3. The summed E-state index contributed by atoms with van der Waals surface area (Å²) in [5.41, 5.74) is 2.06. The van der Waals surface area contributed by atoms with E-state index in [4.69, 9.17) is 0 Å². The fraction of sp³-hybridized carbons (Fsp3) is 0.333. The number of carbonyl (C=O) groups is 1. The van der Waals surface area contributed by atoms with Gasteiger partial charge in [0, 0.05) is 32.2 Å². The molecule has 0 radical (unpaired) electrons. The highest BCUT2D eigenvalue weighted by Crippen LogP contribution is 2.22. The van der Waals surface area contributed by atoms with Gasteiger partial charge in [-0.25, -0.2) is 4.68 Å². The highest BCUT2D eigenvalue weighted by Gasteiger charge is 2.20. The molecule has 1 fully saturated rings. The molecule has 1 amide bonds. The van der Waals surface area contributed by atoms with Crippen LogP contribution in [0.3, 0.4) is 0 Å². The third-order valence-corrected chi connectivity index (χ3v) is 3.60. The number of anilines is 1. The average molecular weight is 270 g/mol. The van der Waals surface area contributed by atoms with Crippen LogP contribution in [-0.2, 0) is 4.79 Å². The molecule has 0 atom stereocenters. The van der Waals surface area contributed by atoms with E-state index in [2.05, 4.69) is 28.2 Å². The van der Waals surface area contributed by atoms with Crippen LogP contribution in [0, 0.1) is 6.92 Å². The van der Waals surface area contributed by atoms with Crippen molar-refractivity contribution in [2.24, 2.45) is 0 Å². The molecule has 1 aliphatic rings. The molecule has 2 heterocycles. The van der Waals surface area contributed by atoms with Crippen molar-refractivity contribution in [2.45, 2.75) is 6.92 Å². The van der Waals surface area contributed by atoms with Crippen LogP contribution in [0.4, 0.5) is 5.82 Å². The molecular weight excluding hydrogens is 252 g/mol. The number of piperazine rings is 1. The number of nitrogens with zero attached hydrogens (tertiary/aromatic N) is 4. The Kier molecular flexibility index (Phi) is 3.41. The Hall–Kier alpha value is -2.30. The number of hydrogen-bond acceptors (Lipinski definition) is 3. The van der Waals surface area contributed by atoms with E-state index in [9.17, 15) is 4.79 Å². The highest BCUT2D eigenvalue weighted by molar-refractivity contribution is 5.51. The summed E-state index contributed by atoms with van der Waals surface area (Å²) in [6, 6.07) is 12.2. The lowest BCUT2D eigenvalue weighted by molar-refractivity contribution is -0.118. The van der Waals surface area contributed by atoms with E-state index >= 15 is 0 Å². The second-order valence-corrected chi connectivity index (χ2v) is 5.02. The number of para-hydroxylation sites is 1. The molecule has 3 rings (SSSR count). The molecule has 0 bridgehead atoms. The van der Waals surface area contributed by atoms with E-state index in [1.165, 1.54) is 0 Å². The Morgan fingerprint density at radius 1 is 1.10 bits per heavy atom. The molecule has 0 aliphatic carbocycles. The van der Waals surface area contributed by atoms with E-state index < -0.39 is 0 Å². The Morgan fingerprint density at radius 2 is 1.80 bits per heavy atom. The van der Waals surface area contributed by atoms with Crippen molar-refractivity contribution in [3.63, 3.8) is 0 Å². The number of hydrogen-bond donors (Lipinski definition) is 0. The first-order chi connectivity index (χ1) is 9.78. The Morgan fingerprint density at radius 3 is 2.45 bits per heavy atom. The number of benzene rings is 1. The number of aryl methyl sites for hydroxylation is 1. The first-order valence-electron chi connectivity index (χ1n) is 6.84. The third kappa shape index (κ3) is 2.39. The van der Waals surface area contributed by atoms with Gasteiger partial charge in [0.1, 0.15) is 5.82 Å². The first kappa shape index (κ1) is 12.7. The summed E-state index contributed by atoms with van der Waals surface area (Å²) < 4.78 is 1.98. The van der Waals surface area contributed by atoms with Gasteiger partial charge >= 0.3 is 0 Å². The molecule has 1 aliphatic heterocycles. The van der Waals surface area contributed by atoms with E-state index in [1.807, 2.05) is 34.7 Å². The minimum Gasteiger partial charge on any atom is -0.353 e. The molecule has 5 nitrogen and oxygen atoms in total. The lowest BCUT2D eigenvalue weighted by Gasteiger charge is -2.34. The molecule has 0 unspecified atom stereocenters. The summed E-state index contributed by atoms with van der Waals surface area (Å²) in [4.78, 5) is 14.9. The zero-order chi connectivity index (χ0) is 13.9. The second kappa shape index (κ2) is 5.36. The van der Waals surface area contributed by atoms with E-state index in [0.717, 1.165) is 49.8 Å². The summed E-state index contributed by atoms with van der Waals surface area (Å²) in [6.07, 6.45) is 0.928. The smallest absolute Gasteiger partial charge is 0.209 e. The van der Waals surface area contributed by atoms with Crippen LogP contribution in [0.5, 0.6) is 0 Å². The molecule has 0 N–H and O–H groups in total. The summed E-state index contributed by atoms with van der Waals surface area (Å²) >= 11 is 0. The predicted octanol–water partition coefficient (Wildman–Crippen LogP) is 1.46. The molecule has 104 valence electrons. The van der Waals surface area contributed by atoms with Gasteiger partial charge in [-0.3, -0.25) is 4.79 Å². The van der Waals surface area contributed by atoms with E-state index in [-0.39, 0.29) is 0 Å². The molecular formula is C15H18N4O. The van der Waals surface area contributed by atoms with Crippen molar-refractivity contribution in [3.8, 4) is 5.69 Å². The Labute approximate surface area is 118 Å². The molecule has 1 aromatic heterocycles. The number of amides is 1. The highest BCUT2D eigenvalue weighted by atomic mass is 16.1. The first-order valence-corrected chi connectivity index (χ1v) is 6.84. The van der Waals surface area contributed by atoms with Crippen molar-refractivity contribution in [1.82, 2.24) is 14.7 Å². The zero-order valence-corrected chi connectivity index (χ0v) is 11.6.